The molecule has 0 bridgehead atoms. The van der Waals surface area contributed by atoms with Crippen molar-refractivity contribution in [3.05, 3.63) is 59.3 Å². The Morgan fingerprint density at radius 3 is 2.83 bits per heavy atom. The molecule has 5 nitrogen and oxygen atoms in total. The molecule has 1 saturated heterocycles. The maximum absolute atomic E-state index is 12.4. The lowest BCUT2D eigenvalue weighted by Crippen LogP contribution is -2.28. The Hall–Kier alpha value is -2.47. The third kappa shape index (κ3) is 2.73. The first kappa shape index (κ1) is 15.1. The van der Waals surface area contributed by atoms with Gasteiger partial charge in [-0.05, 0) is 23.9 Å². The molecule has 24 heavy (non-hydrogen) atoms. The Kier molecular flexibility index (Phi) is 3.90. The molecule has 4 rings (SSSR count). The van der Waals surface area contributed by atoms with Crippen LogP contribution >= 0.6 is 11.3 Å². The van der Waals surface area contributed by atoms with Gasteiger partial charge in [0.05, 0.1) is 16.8 Å². The van der Waals surface area contributed by atoms with Crippen LogP contribution in [-0.2, 0) is 4.79 Å². The average molecular weight is 339 g/mol. The highest BCUT2D eigenvalue weighted by molar-refractivity contribution is 7.13. The molecule has 0 aliphatic carbocycles. The van der Waals surface area contributed by atoms with E-state index in [2.05, 4.69) is 17.1 Å². The number of thiophene rings is 1. The minimum atomic E-state index is -0.0372. The molecule has 1 aliphatic rings. The van der Waals surface area contributed by atoms with Gasteiger partial charge in [0.15, 0.2) is 0 Å². The van der Waals surface area contributed by atoms with E-state index in [-0.39, 0.29) is 17.9 Å². The fraction of sp³-hybridized carbons (Fsp3) is 0.278. The van der Waals surface area contributed by atoms with Crippen LogP contribution in [0.3, 0.4) is 0 Å². The van der Waals surface area contributed by atoms with Crippen molar-refractivity contribution >= 4 is 17.2 Å². The van der Waals surface area contributed by atoms with E-state index < -0.39 is 0 Å². The van der Waals surface area contributed by atoms with Gasteiger partial charge in [-0.25, -0.2) is 0 Å². The van der Waals surface area contributed by atoms with Gasteiger partial charge < -0.3 is 9.42 Å². The summed E-state index contributed by atoms with van der Waals surface area (Å²) in [6, 6.07) is 14.0. The number of likely N-dealkylation sites (tertiary alicyclic amines) is 1. The van der Waals surface area contributed by atoms with Crippen LogP contribution in [0.4, 0.5) is 0 Å². The lowest BCUT2D eigenvalue weighted by Gasteiger charge is -2.24. The summed E-state index contributed by atoms with van der Waals surface area (Å²) < 4.78 is 5.42. The zero-order valence-electron chi connectivity index (χ0n) is 13.3. The summed E-state index contributed by atoms with van der Waals surface area (Å²) in [4.78, 5) is 19.8. The summed E-state index contributed by atoms with van der Waals surface area (Å²) in [6.45, 7) is 2.67. The van der Waals surface area contributed by atoms with Gasteiger partial charge in [0.1, 0.15) is 0 Å². The predicted octanol–water partition coefficient (Wildman–Crippen LogP) is 3.88. The molecule has 6 heteroatoms. The molecule has 1 fully saturated rings. The molecule has 3 heterocycles. The molecule has 2 aromatic heterocycles. The number of nitrogens with zero attached hydrogens (tertiary/aromatic N) is 3. The van der Waals surface area contributed by atoms with Gasteiger partial charge in [-0.1, -0.05) is 41.6 Å². The molecule has 0 spiro atoms. The van der Waals surface area contributed by atoms with Crippen molar-refractivity contribution in [3.63, 3.8) is 0 Å². The Morgan fingerprint density at radius 1 is 1.25 bits per heavy atom. The molecule has 0 saturated carbocycles. The fourth-order valence-corrected chi connectivity index (χ4v) is 3.74. The predicted molar refractivity (Wildman–Crippen MR) is 91.5 cm³/mol. The number of carbonyl (C=O) groups is 1. The van der Waals surface area contributed by atoms with E-state index in [0.29, 0.717) is 24.7 Å². The lowest BCUT2D eigenvalue weighted by molar-refractivity contribution is -0.129. The van der Waals surface area contributed by atoms with Crippen molar-refractivity contribution in [1.29, 1.82) is 0 Å². The number of carbonyl (C=O) groups excluding carboxylic acids is 1. The molecule has 2 atom stereocenters. The Labute approximate surface area is 143 Å². The van der Waals surface area contributed by atoms with E-state index in [1.165, 1.54) is 0 Å². The van der Waals surface area contributed by atoms with Gasteiger partial charge in [-0.2, -0.15) is 4.98 Å². The van der Waals surface area contributed by atoms with Crippen molar-refractivity contribution in [2.75, 3.05) is 6.54 Å². The minimum Gasteiger partial charge on any atom is -0.339 e. The SMILES string of the molecule is CC(c1ccccc1)N1CC(c2nc(-c3cccs3)no2)CC1=O. The number of aromatic nitrogens is 2. The van der Waals surface area contributed by atoms with Crippen LogP contribution in [0.5, 0.6) is 0 Å². The molecule has 1 aromatic carbocycles. The minimum absolute atomic E-state index is 0.0372. The Bertz CT molecular complexity index is 829. The van der Waals surface area contributed by atoms with Crippen LogP contribution in [0, 0.1) is 0 Å². The van der Waals surface area contributed by atoms with Crippen LogP contribution in [0.1, 0.15) is 36.8 Å². The average Bonchev–Trinajstić information content (AvgIpc) is 3.34. The van der Waals surface area contributed by atoms with E-state index in [1.54, 1.807) is 11.3 Å². The number of hydrogen-bond donors (Lipinski definition) is 0. The third-order valence-electron chi connectivity index (χ3n) is 4.44. The van der Waals surface area contributed by atoms with Gasteiger partial charge in [0, 0.05) is 13.0 Å². The van der Waals surface area contributed by atoms with Crippen LogP contribution in [0.2, 0.25) is 0 Å². The fourth-order valence-electron chi connectivity index (χ4n) is 3.09. The van der Waals surface area contributed by atoms with Gasteiger partial charge in [0.2, 0.25) is 17.6 Å². The third-order valence-corrected chi connectivity index (χ3v) is 5.31. The highest BCUT2D eigenvalue weighted by Gasteiger charge is 2.37. The Balaban J connectivity index is 1.52. The quantitative estimate of drug-likeness (QED) is 0.724. The summed E-state index contributed by atoms with van der Waals surface area (Å²) in [7, 11) is 0. The van der Waals surface area contributed by atoms with E-state index in [4.69, 9.17) is 4.52 Å². The number of hydrogen-bond acceptors (Lipinski definition) is 5. The van der Waals surface area contributed by atoms with E-state index in [0.717, 1.165) is 10.4 Å². The number of amides is 1. The van der Waals surface area contributed by atoms with Crippen LogP contribution in [-0.4, -0.2) is 27.5 Å². The normalized spacial score (nSPS) is 19.0. The second-order valence-electron chi connectivity index (χ2n) is 5.97. The molecule has 0 radical (unpaired) electrons. The molecule has 122 valence electrons. The first-order valence-electron chi connectivity index (χ1n) is 7.94. The van der Waals surface area contributed by atoms with Crippen LogP contribution < -0.4 is 0 Å². The van der Waals surface area contributed by atoms with Crippen molar-refractivity contribution in [2.45, 2.75) is 25.3 Å². The first-order valence-corrected chi connectivity index (χ1v) is 8.82. The second kappa shape index (κ2) is 6.20. The monoisotopic (exact) mass is 339 g/mol. The topological polar surface area (TPSA) is 59.2 Å². The molecule has 1 amide bonds. The maximum Gasteiger partial charge on any atom is 0.232 e. The molecule has 1 aliphatic heterocycles. The van der Waals surface area contributed by atoms with Gasteiger partial charge >= 0.3 is 0 Å². The standard InChI is InChI=1S/C18H17N3O2S/c1-12(13-6-3-2-4-7-13)21-11-14(10-16(21)22)18-19-17(20-23-18)15-8-5-9-24-15/h2-9,12,14H,10-11H2,1H3. The summed E-state index contributed by atoms with van der Waals surface area (Å²) >= 11 is 1.57. The second-order valence-corrected chi connectivity index (χ2v) is 6.92. The Morgan fingerprint density at radius 2 is 2.08 bits per heavy atom. The molecule has 0 N–H and O–H groups in total. The number of benzene rings is 1. The van der Waals surface area contributed by atoms with Crippen molar-refractivity contribution in [2.24, 2.45) is 0 Å². The van der Waals surface area contributed by atoms with Crippen LogP contribution in [0.15, 0.2) is 52.4 Å². The highest BCUT2D eigenvalue weighted by atomic mass is 32.1. The maximum atomic E-state index is 12.4. The summed E-state index contributed by atoms with van der Waals surface area (Å²) in [5.41, 5.74) is 1.14. The van der Waals surface area contributed by atoms with E-state index in [1.807, 2.05) is 52.7 Å². The van der Waals surface area contributed by atoms with Crippen molar-refractivity contribution < 1.29 is 9.32 Å². The highest BCUT2D eigenvalue weighted by Crippen LogP contribution is 2.34. The zero-order valence-corrected chi connectivity index (χ0v) is 14.1. The van der Waals surface area contributed by atoms with Crippen molar-refractivity contribution in [3.8, 4) is 10.7 Å². The van der Waals surface area contributed by atoms with E-state index in [9.17, 15) is 4.79 Å². The van der Waals surface area contributed by atoms with Gasteiger partial charge in [-0.15, -0.1) is 11.3 Å². The number of rotatable bonds is 4. The molecular formula is C18H17N3O2S. The van der Waals surface area contributed by atoms with Gasteiger partial charge in [-0.3, -0.25) is 4.79 Å². The largest absolute Gasteiger partial charge is 0.339 e. The molecule has 3 aromatic rings. The summed E-state index contributed by atoms with van der Waals surface area (Å²) in [5, 5.41) is 6.03. The summed E-state index contributed by atoms with van der Waals surface area (Å²) in [6.07, 6.45) is 0.420. The zero-order chi connectivity index (χ0) is 16.5. The van der Waals surface area contributed by atoms with Gasteiger partial charge in [0.25, 0.3) is 0 Å². The van der Waals surface area contributed by atoms with Crippen molar-refractivity contribution in [1.82, 2.24) is 15.0 Å². The first-order chi connectivity index (χ1) is 11.7. The smallest absolute Gasteiger partial charge is 0.232 e. The van der Waals surface area contributed by atoms with E-state index >= 15 is 0 Å². The molecule has 2 unspecified atom stereocenters. The molecular weight excluding hydrogens is 322 g/mol. The van der Waals surface area contributed by atoms with Crippen LogP contribution in [0.25, 0.3) is 10.7 Å². The summed E-state index contributed by atoms with van der Waals surface area (Å²) in [5.74, 6) is 1.24. The lowest BCUT2D eigenvalue weighted by atomic mass is 10.1.